The predicted octanol–water partition coefficient (Wildman–Crippen LogP) is 3.17. The molecular weight excluding hydrogens is 230 g/mol. The number of nitrogens with zero attached hydrogens (tertiary/aromatic N) is 1. The van der Waals surface area contributed by atoms with Crippen molar-refractivity contribution < 1.29 is 4.79 Å². The average Bonchev–Trinajstić information content (AvgIpc) is 2.91. The number of fused-ring (bicyclic) bond motifs is 1. The highest BCUT2D eigenvalue weighted by molar-refractivity contribution is 7.99. The zero-order valence-electron chi connectivity index (χ0n) is 9.43. The van der Waals surface area contributed by atoms with Crippen molar-refractivity contribution in [3.05, 3.63) is 42.1 Å². The first-order valence-corrected chi connectivity index (χ1v) is 6.97. The quantitative estimate of drug-likeness (QED) is 0.759. The SMILES string of the molecule is O=C(c1ccc2cccnc2c1)C1CCSC1. The van der Waals surface area contributed by atoms with Crippen molar-refractivity contribution >= 4 is 28.4 Å². The lowest BCUT2D eigenvalue weighted by Gasteiger charge is -2.07. The van der Waals surface area contributed by atoms with Gasteiger partial charge in [-0.15, -0.1) is 0 Å². The van der Waals surface area contributed by atoms with Crippen LogP contribution in [0.4, 0.5) is 0 Å². The molecule has 1 aliphatic heterocycles. The second-order valence-corrected chi connectivity index (χ2v) is 5.49. The zero-order valence-corrected chi connectivity index (χ0v) is 10.2. The maximum Gasteiger partial charge on any atom is 0.166 e. The molecular formula is C14H13NOS. The van der Waals surface area contributed by atoms with Gasteiger partial charge in [-0.05, 0) is 24.3 Å². The van der Waals surface area contributed by atoms with Gasteiger partial charge in [-0.1, -0.05) is 18.2 Å². The van der Waals surface area contributed by atoms with E-state index in [0.29, 0.717) is 0 Å². The zero-order chi connectivity index (χ0) is 11.7. The molecule has 1 unspecified atom stereocenters. The maximum absolute atomic E-state index is 12.2. The molecule has 3 heteroatoms. The molecule has 0 spiro atoms. The van der Waals surface area contributed by atoms with E-state index in [0.717, 1.165) is 34.4 Å². The highest BCUT2D eigenvalue weighted by Crippen LogP contribution is 2.27. The van der Waals surface area contributed by atoms with Crippen LogP contribution in [-0.2, 0) is 0 Å². The van der Waals surface area contributed by atoms with Crippen LogP contribution in [0.5, 0.6) is 0 Å². The van der Waals surface area contributed by atoms with E-state index in [1.165, 1.54) is 0 Å². The summed E-state index contributed by atoms with van der Waals surface area (Å²) in [5, 5.41) is 1.09. The monoisotopic (exact) mass is 243 g/mol. The number of aromatic nitrogens is 1. The van der Waals surface area contributed by atoms with Crippen molar-refractivity contribution in [3.8, 4) is 0 Å². The molecule has 0 amide bonds. The number of ketones is 1. The van der Waals surface area contributed by atoms with Gasteiger partial charge in [0, 0.05) is 28.8 Å². The standard InChI is InChI=1S/C14H13NOS/c16-14(12-5-7-17-9-12)11-4-3-10-2-1-6-15-13(10)8-11/h1-4,6,8,12H,5,7,9H2. The van der Waals surface area contributed by atoms with Gasteiger partial charge in [-0.25, -0.2) is 0 Å². The van der Waals surface area contributed by atoms with Gasteiger partial charge < -0.3 is 0 Å². The summed E-state index contributed by atoms with van der Waals surface area (Å²) in [6.07, 6.45) is 2.78. The van der Waals surface area contributed by atoms with Crippen molar-refractivity contribution in [1.29, 1.82) is 0 Å². The van der Waals surface area contributed by atoms with Crippen LogP contribution < -0.4 is 0 Å². The van der Waals surface area contributed by atoms with E-state index >= 15 is 0 Å². The van der Waals surface area contributed by atoms with E-state index in [2.05, 4.69) is 4.98 Å². The van der Waals surface area contributed by atoms with Crippen LogP contribution in [0.3, 0.4) is 0 Å². The molecule has 1 aromatic carbocycles. The highest BCUT2D eigenvalue weighted by Gasteiger charge is 2.24. The summed E-state index contributed by atoms with van der Waals surface area (Å²) in [6.45, 7) is 0. The molecule has 0 bridgehead atoms. The van der Waals surface area contributed by atoms with Gasteiger partial charge in [-0.2, -0.15) is 11.8 Å². The molecule has 2 heterocycles. The van der Waals surface area contributed by atoms with Crippen LogP contribution in [0.25, 0.3) is 10.9 Å². The lowest BCUT2D eigenvalue weighted by Crippen LogP contribution is -2.13. The van der Waals surface area contributed by atoms with E-state index in [9.17, 15) is 4.79 Å². The minimum Gasteiger partial charge on any atom is -0.294 e. The van der Waals surface area contributed by atoms with Gasteiger partial charge >= 0.3 is 0 Å². The van der Waals surface area contributed by atoms with Crippen molar-refractivity contribution in [3.63, 3.8) is 0 Å². The Morgan fingerprint density at radius 1 is 1.35 bits per heavy atom. The Morgan fingerprint density at radius 3 is 3.12 bits per heavy atom. The molecule has 1 atom stereocenters. The van der Waals surface area contributed by atoms with Gasteiger partial charge in [0.15, 0.2) is 5.78 Å². The summed E-state index contributed by atoms with van der Waals surface area (Å²) < 4.78 is 0. The van der Waals surface area contributed by atoms with E-state index in [4.69, 9.17) is 0 Å². The van der Waals surface area contributed by atoms with Crippen molar-refractivity contribution in [2.75, 3.05) is 11.5 Å². The molecule has 2 aromatic rings. The number of Topliss-reactive ketones (excluding diaryl/α,β-unsaturated/α-hetero) is 1. The largest absolute Gasteiger partial charge is 0.294 e. The molecule has 86 valence electrons. The summed E-state index contributed by atoms with van der Waals surface area (Å²) in [5.74, 6) is 2.57. The normalized spacial score (nSPS) is 19.6. The Kier molecular flexibility index (Phi) is 2.85. The second kappa shape index (κ2) is 4.49. The van der Waals surface area contributed by atoms with E-state index in [1.54, 1.807) is 6.20 Å². The van der Waals surface area contributed by atoms with Crippen molar-refractivity contribution in [2.45, 2.75) is 6.42 Å². The first-order valence-electron chi connectivity index (χ1n) is 5.81. The van der Waals surface area contributed by atoms with E-state index in [1.807, 2.05) is 42.1 Å². The van der Waals surface area contributed by atoms with Gasteiger partial charge in [0.25, 0.3) is 0 Å². The maximum atomic E-state index is 12.2. The predicted molar refractivity (Wildman–Crippen MR) is 71.5 cm³/mol. The fraction of sp³-hybridized carbons (Fsp3) is 0.286. The van der Waals surface area contributed by atoms with Crippen molar-refractivity contribution in [1.82, 2.24) is 4.98 Å². The molecule has 1 aromatic heterocycles. The number of thioether (sulfide) groups is 1. The summed E-state index contributed by atoms with van der Waals surface area (Å²) in [5.41, 5.74) is 1.72. The van der Waals surface area contributed by atoms with Crippen LogP contribution in [0.1, 0.15) is 16.8 Å². The smallest absolute Gasteiger partial charge is 0.166 e. The Hall–Kier alpha value is -1.35. The molecule has 1 saturated heterocycles. The molecule has 0 radical (unpaired) electrons. The van der Waals surface area contributed by atoms with Crippen molar-refractivity contribution in [2.24, 2.45) is 5.92 Å². The number of hydrogen-bond donors (Lipinski definition) is 0. The van der Waals surface area contributed by atoms with Gasteiger partial charge in [-0.3, -0.25) is 9.78 Å². The average molecular weight is 243 g/mol. The lowest BCUT2D eigenvalue weighted by atomic mass is 9.96. The molecule has 0 saturated carbocycles. The molecule has 17 heavy (non-hydrogen) atoms. The molecule has 3 rings (SSSR count). The minimum atomic E-state index is 0.209. The third-order valence-electron chi connectivity index (χ3n) is 3.19. The number of carbonyl (C=O) groups is 1. The fourth-order valence-corrected chi connectivity index (χ4v) is 3.42. The van der Waals surface area contributed by atoms with Gasteiger partial charge in [0.05, 0.1) is 5.52 Å². The molecule has 0 N–H and O–H groups in total. The van der Waals surface area contributed by atoms with Crippen LogP contribution in [0, 0.1) is 5.92 Å². The van der Waals surface area contributed by atoms with Gasteiger partial charge in [0.2, 0.25) is 0 Å². The van der Waals surface area contributed by atoms with E-state index < -0.39 is 0 Å². The Bertz CT molecular complexity index is 561. The number of benzene rings is 1. The first-order chi connectivity index (χ1) is 8.34. The third kappa shape index (κ3) is 2.07. The number of pyridine rings is 1. The van der Waals surface area contributed by atoms with E-state index in [-0.39, 0.29) is 11.7 Å². The number of rotatable bonds is 2. The summed E-state index contributed by atoms with van der Waals surface area (Å²) in [7, 11) is 0. The summed E-state index contributed by atoms with van der Waals surface area (Å²) >= 11 is 1.87. The Labute approximate surface area is 104 Å². The number of carbonyl (C=O) groups excluding carboxylic acids is 1. The lowest BCUT2D eigenvalue weighted by molar-refractivity contribution is 0.0934. The van der Waals surface area contributed by atoms with Crippen LogP contribution in [0.15, 0.2) is 36.5 Å². The molecule has 0 aliphatic carbocycles. The fourth-order valence-electron chi connectivity index (χ4n) is 2.20. The second-order valence-electron chi connectivity index (χ2n) is 4.34. The van der Waals surface area contributed by atoms with Crippen LogP contribution in [-0.4, -0.2) is 22.3 Å². The Balaban J connectivity index is 1.97. The number of hydrogen-bond acceptors (Lipinski definition) is 3. The van der Waals surface area contributed by atoms with Gasteiger partial charge in [0.1, 0.15) is 0 Å². The third-order valence-corrected chi connectivity index (χ3v) is 4.35. The summed E-state index contributed by atoms with van der Waals surface area (Å²) in [4.78, 5) is 16.5. The minimum absolute atomic E-state index is 0.209. The van der Waals surface area contributed by atoms with Crippen LogP contribution >= 0.6 is 11.8 Å². The molecule has 1 fully saturated rings. The highest BCUT2D eigenvalue weighted by atomic mass is 32.2. The van der Waals surface area contributed by atoms with Crippen LogP contribution in [0.2, 0.25) is 0 Å². The molecule has 1 aliphatic rings. The molecule has 2 nitrogen and oxygen atoms in total. The first kappa shape index (κ1) is 10.8. The summed E-state index contributed by atoms with van der Waals surface area (Å²) in [6, 6.07) is 9.76. The topological polar surface area (TPSA) is 30.0 Å². The Morgan fingerprint density at radius 2 is 2.29 bits per heavy atom.